The largest absolute Gasteiger partial charge is 0.497 e. The maximum atomic E-state index is 12.8. The summed E-state index contributed by atoms with van der Waals surface area (Å²) in [4.78, 5) is 23.7. The van der Waals surface area contributed by atoms with Gasteiger partial charge in [0.25, 0.3) is 0 Å². The Morgan fingerprint density at radius 1 is 1.21 bits per heavy atom. The molecule has 150 valence electrons. The first-order valence-corrected chi connectivity index (χ1v) is 10.1. The lowest BCUT2D eigenvalue weighted by molar-refractivity contribution is -0.132. The van der Waals surface area contributed by atoms with Crippen molar-refractivity contribution in [3.8, 4) is 11.6 Å². The van der Waals surface area contributed by atoms with Gasteiger partial charge in [0.15, 0.2) is 0 Å². The number of amides is 1. The Hall–Kier alpha value is -3.15. The fraction of sp³-hybridized carbons (Fsp3) is 0.348. The predicted molar refractivity (Wildman–Crippen MR) is 111 cm³/mol. The number of pyridine rings is 1. The van der Waals surface area contributed by atoms with E-state index in [0.717, 1.165) is 55.2 Å². The molecule has 6 nitrogen and oxygen atoms in total. The number of aromatic nitrogens is 3. The molecule has 29 heavy (non-hydrogen) atoms. The lowest BCUT2D eigenvalue weighted by Gasteiger charge is -2.32. The van der Waals surface area contributed by atoms with E-state index in [9.17, 15) is 4.79 Å². The smallest absolute Gasteiger partial charge is 0.222 e. The minimum absolute atomic E-state index is 0.219. The van der Waals surface area contributed by atoms with E-state index in [4.69, 9.17) is 9.72 Å². The Bertz CT molecular complexity index is 938. The van der Waals surface area contributed by atoms with E-state index in [1.54, 1.807) is 19.6 Å². The van der Waals surface area contributed by atoms with E-state index < -0.39 is 0 Å². The zero-order valence-electron chi connectivity index (χ0n) is 16.7. The van der Waals surface area contributed by atoms with Gasteiger partial charge in [-0.25, -0.2) is 9.97 Å². The molecule has 0 unspecified atom stereocenters. The summed E-state index contributed by atoms with van der Waals surface area (Å²) in [6.07, 6.45) is 8.74. The standard InChI is InChI=1S/C23H26N4O2/c1-29-20-10-7-18(8-11-20)9-12-23(28)26-14-3-4-19(16-26)21-5-2-6-22(25-21)27-15-13-24-17-27/h2,5-8,10-11,13,15,17,19H,3-4,9,12,14,16H2,1H3/t19-/m1/s1. The molecule has 2 aromatic heterocycles. The van der Waals surface area contributed by atoms with Gasteiger partial charge in [-0.2, -0.15) is 0 Å². The third-order valence-electron chi connectivity index (χ3n) is 5.50. The maximum Gasteiger partial charge on any atom is 0.222 e. The van der Waals surface area contributed by atoms with E-state index in [1.165, 1.54) is 0 Å². The van der Waals surface area contributed by atoms with Gasteiger partial charge in [-0.05, 0) is 49.1 Å². The van der Waals surface area contributed by atoms with E-state index in [2.05, 4.69) is 11.1 Å². The van der Waals surface area contributed by atoms with E-state index >= 15 is 0 Å². The monoisotopic (exact) mass is 390 g/mol. The fourth-order valence-electron chi connectivity index (χ4n) is 3.85. The molecule has 3 aromatic rings. The van der Waals surface area contributed by atoms with Crippen molar-refractivity contribution < 1.29 is 9.53 Å². The van der Waals surface area contributed by atoms with Gasteiger partial charge in [0.05, 0.1) is 7.11 Å². The molecule has 0 spiro atoms. The fourth-order valence-corrected chi connectivity index (χ4v) is 3.85. The summed E-state index contributed by atoms with van der Waals surface area (Å²) < 4.78 is 7.10. The van der Waals surface area contributed by atoms with Gasteiger partial charge in [-0.15, -0.1) is 0 Å². The van der Waals surface area contributed by atoms with Crippen molar-refractivity contribution in [3.63, 3.8) is 0 Å². The van der Waals surface area contributed by atoms with Crippen LogP contribution in [0.3, 0.4) is 0 Å². The van der Waals surface area contributed by atoms with Crippen LogP contribution in [-0.4, -0.2) is 45.5 Å². The maximum absolute atomic E-state index is 12.8. The van der Waals surface area contributed by atoms with Crippen LogP contribution in [-0.2, 0) is 11.2 Å². The molecular formula is C23H26N4O2. The molecule has 3 heterocycles. The number of imidazole rings is 1. The Morgan fingerprint density at radius 2 is 2.07 bits per heavy atom. The number of benzene rings is 1. The van der Waals surface area contributed by atoms with Crippen LogP contribution < -0.4 is 4.74 Å². The van der Waals surface area contributed by atoms with Crippen LogP contribution in [0.15, 0.2) is 61.2 Å². The second-order valence-corrected chi connectivity index (χ2v) is 7.42. The Balaban J connectivity index is 1.37. The molecule has 0 aliphatic carbocycles. The number of ether oxygens (including phenoxy) is 1. The molecule has 1 atom stereocenters. The van der Waals surface area contributed by atoms with Crippen LogP contribution in [0.4, 0.5) is 0 Å². The van der Waals surface area contributed by atoms with Crippen LogP contribution in [0, 0.1) is 0 Å². The van der Waals surface area contributed by atoms with Gasteiger partial charge < -0.3 is 9.64 Å². The van der Waals surface area contributed by atoms with Crippen LogP contribution in [0.2, 0.25) is 0 Å². The minimum atomic E-state index is 0.219. The Kier molecular flexibility index (Phi) is 5.89. The first-order chi connectivity index (χ1) is 14.2. The quantitative estimate of drug-likeness (QED) is 0.645. The van der Waals surface area contributed by atoms with E-state index in [-0.39, 0.29) is 11.8 Å². The number of hydrogen-bond acceptors (Lipinski definition) is 4. The third kappa shape index (κ3) is 4.65. The average molecular weight is 390 g/mol. The number of methoxy groups -OCH3 is 1. The number of aryl methyl sites for hydroxylation is 1. The molecule has 1 fully saturated rings. The van der Waals surface area contributed by atoms with Crippen LogP contribution in [0.5, 0.6) is 5.75 Å². The van der Waals surface area contributed by atoms with Crippen LogP contribution in [0.25, 0.3) is 5.82 Å². The number of carbonyl (C=O) groups excluding carboxylic acids is 1. The molecule has 1 saturated heterocycles. The summed E-state index contributed by atoms with van der Waals surface area (Å²) >= 11 is 0. The molecule has 1 aromatic carbocycles. The highest BCUT2D eigenvalue weighted by molar-refractivity contribution is 5.76. The lowest BCUT2D eigenvalue weighted by atomic mass is 9.94. The van der Waals surface area contributed by atoms with Gasteiger partial charge in [-0.3, -0.25) is 9.36 Å². The summed E-state index contributed by atoms with van der Waals surface area (Å²) in [6.45, 7) is 1.57. The van der Waals surface area contributed by atoms with Crippen LogP contribution in [0.1, 0.15) is 36.4 Å². The first kappa shape index (κ1) is 19.2. The summed E-state index contributed by atoms with van der Waals surface area (Å²) in [6, 6.07) is 14.0. The normalized spacial score (nSPS) is 16.6. The SMILES string of the molecule is COc1ccc(CCC(=O)N2CCC[C@@H](c3cccc(-n4ccnc4)n3)C2)cc1. The molecule has 1 aliphatic rings. The van der Waals surface area contributed by atoms with Crippen molar-refractivity contribution in [2.75, 3.05) is 20.2 Å². The van der Waals surface area contributed by atoms with Gasteiger partial charge in [0.1, 0.15) is 17.9 Å². The second kappa shape index (κ2) is 8.90. The zero-order valence-corrected chi connectivity index (χ0v) is 16.7. The number of nitrogens with zero attached hydrogens (tertiary/aromatic N) is 4. The molecule has 0 radical (unpaired) electrons. The summed E-state index contributed by atoms with van der Waals surface area (Å²) in [5, 5.41) is 0. The van der Waals surface area contributed by atoms with Gasteiger partial charge >= 0.3 is 0 Å². The highest BCUT2D eigenvalue weighted by Crippen LogP contribution is 2.27. The number of carbonyl (C=O) groups is 1. The van der Waals surface area contributed by atoms with Crippen molar-refractivity contribution in [1.82, 2.24) is 19.4 Å². The lowest BCUT2D eigenvalue weighted by Crippen LogP contribution is -2.39. The number of piperidine rings is 1. The molecule has 1 amide bonds. The average Bonchev–Trinajstić information content (AvgIpc) is 3.33. The highest BCUT2D eigenvalue weighted by Gasteiger charge is 2.25. The number of rotatable bonds is 6. The van der Waals surface area contributed by atoms with E-state index in [0.29, 0.717) is 6.42 Å². The minimum Gasteiger partial charge on any atom is -0.497 e. The van der Waals surface area contributed by atoms with Crippen molar-refractivity contribution in [3.05, 3.63) is 72.4 Å². The molecule has 0 bridgehead atoms. The van der Waals surface area contributed by atoms with E-state index in [1.807, 2.05) is 52.1 Å². The molecule has 0 saturated carbocycles. The molecule has 1 aliphatic heterocycles. The third-order valence-corrected chi connectivity index (χ3v) is 5.50. The molecule has 6 heteroatoms. The number of hydrogen-bond donors (Lipinski definition) is 0. The Morgan fingerprint density at radius 3 is 2.83 bits per heavy atom. The topological polar surface area (TPSA) is 60.2 Å². The van der Waals surface area contributed by atoms with Crippen molar-refractivity contribution in [2.45, 2.75) is 31.6 Å². The van der Waals surface area contributed by atoms with Crippen molar-refractivity contribution in [1.29, 1.82) is 0 Å². The Labute approximate surface area is 171 Å². The predicted octanol–water partition coefficient (Wildman–Crippen LogP) is 3.61. The van der Waals surface area contributed by atoms with Crippen LogP contribution >= 0.6 is 0 Å². The molecule has 0 N–H and O–H groups in total. The zero-order chi connectivity index (χ0) is 20.1. The summed E-state index contributed by atoms with van der Waals surface area (Å²) in [5.74, 6) is 2.20. The van der Waals surface area contributed by atoms with Gasteiger partial charge in [0.2, 0.25) is 5.91 Å². The van der Waals surface area contributed by atoms with Crippen molar-refractivity contribution >= 4 is 5.91 Å². The van der Waals surface area contributed by atoms with Crippen molar-refractivity contribution in [2.24, 2.45) is 0 Å². The number of likely N-dealkylation sites (tertiary alicyclic amines) is 1. The summed E-state index contributed by atoms with van der Waals surface area (Å²) in [5.41, 5.74) is 2.20. The highest BCUT2D eigenvalue weighted by atomic mass is 16.5. The molecular weight excluding hydrogens is 364 g/mol. The first-order valence-electron chi connectivity index (χ1n) is 10.1. The molecule has 4 rings (SSSR count). The van der Waals surface area contributed by atoms with Gasteiger partial charge in [-0.1, -0.05) is 18.2 Å². The van der Waals surface area contributed by atoms with Gasteiger partial charge in [0, 0.05) is 43.5 Å². The second-order valence-electron chi connectivity index (χ2n) is 7.42. The summed E-state index contributed by atoms with van der Waals surface area (Å²) in [7, 11) is 1.66.